The third-order valence-electron chi connectivity index (χ3n) is 5.74. The van der Waals surface area contributed by atoms with E-state index in [9.17, 15) is 13.2 Å². The number of hydrogen-bond donors (Lipinski definition) is 2. The smallest absolute Gasteiger partial charge is 0.257 e. The average molecular weight is 423 g/mol. The second-order valence-corrected chi connectivity index (χ2v) is 9.68. The lowest BCUT2D eigenvalue weighted by Crippen LogP contribution is -2.46. The van der Waals surface area contributed by atoms with Crippen molar-refractivity contribution in [2.75, 3.05) is 33.2 Å². The first-order valence-corrected chi connectivity index (χ1v) is 11.3. The van der Waals surface area contributed by atoms with Crippen LogP contribution in [0.4, 0.5) is 0 Å². The number of benzene rings is 2. The number of para-hydroxylation sites is 1. The molecular formula is C22H22N4O3S. The quantitative estimate of drug-likeness (QED) is 0.531. The Labute approximate surface area is 174 Å². The van der Waals surface area contributed by atoms with Crippen LogP contribution in [0.25, 0.3) is 33.1 Å². The minimum absolute atomic E-state index is 0.189. The lowest BCUT2D eigenvalue weighted by molar-refractivity contribution is 0.222. The van der Waals surface area contributed by atoms with Gasteiger partial charge in [0.2, 0.25) is 10.0 Å². The molecule has 0 atom stereocenters. The Kier molecular flexibility index (Phi) is 4.50. The van der Waals surface area contributed by atoms with Crippen molar-refractivity contribution >= 4 is 31.8 Å². The van der Waals surface area contributed by atoms with Gasteiger partial charge in [0.1, 0.15) is 0 Å². The van der Waals surface area contributed by atoms with E-state index in [-0.39, 0.29) is 10.5 Å². The Hall–Kier alpha value is -2.94. The lowest BCUT2D eigenvalue weighted by atomic mass is 10.1. The molecule has 154 valence electrons. The fraction of sp³-hybridized carbons (Fsp3) is 0.227. The van der Waals surface area contributed by atoms with Crippen molar-refractivity contribution in [2.24, 2.45) is 0 Å². The summed E-state index contributed by atoms with van der Waals surface area (Å²) in [5, 5.41) is 1.79. The topological polar surface area (TPSA) is 89.3 Å². The van der Waals surface area contributed by atoms with Crippen molar-refractivity contribution in [3.05, 3.63) is 65.0 Å². The fourth-order valence-corrected chi connectivity index (χ4v) is 5.39. The first-order valence-electron chi connectivity index (χ1n) is 9.86. The van der Waals surface area contributed by atoms with Gasteiger partial charge >= 0.3 is 0 Å². The Morgan fingerprint density at radius 2 is 1.57 bits per heavy atom. The zero-order valence-electron chi connectivity index (χ0n) is 16.6. The third-order valence-corrected chi connectivity index (χ3v) is 7.63. The Balaban J connectivity index is 1.55. The maximum atomic E-state index is 13.1. The summed E-state index contributed by atoms with van der Waals surface area (Å²) in [6.45, 7) is 2.41. The number of aromatic amines is 2. The zero-order valence-corrected chi connectivity index (χ0v) is 17.4. The molecule has 1 saturated heterocycles. The number of pyridine rings is 1. The van der Waals surface area contributed by atoms with E-state index in [0.29, 0.717) is 29.9 Å². The Morgan fingerprint density at radius 3 is 2.37 bits per heavy atom. The van der Waals surface area contributed by atoms with Gasteiger partial charge < -0.3 is 14.9 Å². The molecule has 0 radical (unpaired) electrons. The minimum Gasteiger partial charge on any atom is -0.354 e. The molecule has 4 aromatic rings. The van der Waals surface area contributed by atoms with Crippen molar-refractivity contribution in [1.29, 1.82) is 0 Å². The minimum atomic E-state index is -3.55. The molecule has 7 nitrogen and oxygen atoms in total. The van der Waals surface area contributed by atoms with Crippen molar-refractivity contribution in [3.8, 4) is 11.3 Å². The highest BCUT2D eigenvalue weighted by atomic mass is 32.2. The summed E-state index contributed by atoms with van der Waals surface area (Å²) >= 11 is 0. The van der Waals surface area contributed by atoms with Gasteiger partial charge in [0, 0.05) is 42.6 Å². The van der Waals surface area contributed by atoms with Crippen molar-refractivity contribution in [3.63, 3.8) is 0 Å². The molecule has 1 fully saturated rings. The van der Waals surface area contributed by atoms with E-state index in [1.54, 1.807) is 18.2 Å². The van der Waals surface area contributed by atoms with Crippen LogP contribution in [0.15, 0.2) is 64.3 Å². The van der Waals surface area contributed by atoms with Crippen LogP contribution in [0.2, 0.25) is 0 Å². The number of nitrogens with zero attached hydrogens (tertiary/aromatic N) is 2. The van der Waals surface area contributed by atoms with Crippen LogP contribution >= 0.6 is 0 Å². The standard InChI is InChI=1S/C22H22N4O3S/c1-25-8-10-26(11-9-25)30(28,29)17-7-6-16-13-21(23-20(16)14-17)18-12-15-4-2-3-5-19(15)24-22(18)27/h2-7,12-14,23H,8-11H2,1H3,(H,24,27). The Morgan fingerprint density at radius 1 is 0.833 bits per heavy atom. The summed E-state index contributed by atoms with van der Waals surface area (Å²) in [7, 11) is -1.56. The average Bonchev–Trinajstić information content (AvgIpc) is 3.16. The number of fused-ring (bicyclic) bond motifs is 2. The van der Waals surface area contributed by atoms with Gasteiger partial charge in [0.05, 0.1) is 16.2 Å². The molecule has 0 saturated carbocycles. The second-order valence-electron chi connectivity index (χ2n) is 7.74. The predicted octanol–water partition coefficient (Wildman–Crippen LogP) is 2.61. The normalized spacial score (nSPS) is 16.4. The molecule has 5 rings (SSSR count). The summed E-state index contributed by atoms with van der Waals surface area (Å²) in [6, 6.07) is 16.4. The molecule has 0 aliphatic carbocycles. The van der Waals surface area contributed by atoms with Crippen molar-refractivity contribution in [1.82, 2.24) is 19.2 Å². The molecule has 0 unspecified atom stereocenters. The fourth-order valence-electron chi connectivity index (χ4n) is 3.94. The van der Waals surface area contributed by atoms with Crippen LogP contribution in [0.3, 0.4) is 0 Å². The zero-order chi connectivity index (χ0) is 20.9. The Bertz CT molecular complexity index is 1410. The first kappa shape index (κ1) is 19.0. The van der Waals surface area contributed by atoms with E-state index in [4.69, 9.17) is 0 Å². The highest BCUT2D eigenvalue weighted by Gasteiger charge is 2.27. The summed E-state index contributed by atoms with van der Waals surface area (Å²) in [4.78, 5) is 21.1. The highest BCUT2D eigenvalue weighted by molar-refractivity contribution is 7.89. The summed E-state index contributed by atoms with van der Waals surface area (Å²) in [5.41, 5.74) is 2.46. The largest absolute Gasteiger partial charge is 0.354 e. The van der Waals surface area contributed by atoms with Crippen LogP contribution in [0.1, 0.15) is 0 Å². The lowest BCUT2D eigenvalue weighted by Gasteiger charge is -2.31. The number of sulfonamides is 1. The number of H-pyrrole nitrogens is 2. The summed E-state index contributed by atoms with van der Waals surface area (Å²) < 4.78 is 27.6. The van der Waals surface area contributed by atoms with E-state index in [1.165, 1.54) is 4.31 Å². The third kappa shape index (κ3) is 3.23. The molecule has 1 aliphatic heterocycles. The maximum absolute atomic E-state index is 13.1. The van der Waals surface area contributed by atoms with Crippen molar-refractivity contribution in [2.45, 2.75) is 4.90 Å². The molecule has 3 heterocycles. The number of piperazine rings is 1. The van der Waals surface area contributed by atoms with Crippen LogP contribution in [0.5, 0.6) is 0 Å². The van der Waals surface area contributed by atoms with Gasteiger partial charge in [-0.05, 0) is 42.8 Å². The number of likely N-dealkylation sites (N-methyl/N-ethyl adjacent to an activating group) is 1. The highest BCUT2D eigenvalue weighted by Crippen LogP contribution is 2.27. The van der Waals surface area contributed by atoms with Crippen LogP contribution in [-0.2, 0) is 10.0 Å². The monoisotopic (exact) mass is 422 g/mol. The van der Waals surface area contributed by atoms with Gasteiger partial charge in [-0.2, -0.15) is 4.31 Å². The molecule has 8 heteroatoms. The second kappa shape index (κ2) is 7.09. The van der Waals surface area contributed by atoms with Gasteiger partial charge in [0.25, 0.3) is 5.56 Å². The van der Waals surface area contributed by atoms with E-state index in [0.717, 1.165) is 29.4 Å². The van der Waals surface area contributed by atoms with E-state index < -0.39 is 10.0 Å². The van der Waals surface area contributed by atoms with Gasteiger partial charge in [-0.3, -0.25) is 4.79 Å². The van der Waals surface area contributed by atoms with Gasteiger partial charge in [-0.1, -0.05) is 24.3 Å². The molecule has 0 bridgehead atoms. The number of hydrogen-bond acceptors (Lipinski definition) is 4. The van der Waals surface area contributed by atoms with Crippen molar-refractivity contribution < 1.29 is 8.42 Å². The van der Waals surface area contributed by atoms with E-state index in [1.807, 2.05) is 43.4 Å². The first-order chi connectivity index (χ1) is 14.4. The van der Waals surface area contributed by atoms with Crippen LogP contribution in [-0.4, -0.2) is 60.8 Å². The molecule has 2 aromatic carbocycles. The number of nitrogens with one attached hydrogen (secondary N) is 2. The molecule has 2 N–H and O–H groups in total. The van der Waals surface area contributed by atoms with Crippen LogP contribution < -0.4 is 5.56 Å². The molecule has 30 heavy (non-hydrogen) atoms. The van der Waals surface area contributed by atoms with E-state index >= 15 is 0 Å². The molecule has 0 amide bonds. The molecule has 2 aromatic heterocycles. The van der Waals surface area contributed by atoms with Gasteiger partial charge in [0.15, 0.2) is 0 Å². The maximum Gasteiger partial charge on any atom is 0.257 e. The number of rotatable bonds is 3. The molecule has 1 aliphatic rings. The molecular weight excluding hydrogens is 400 g/mol. The summed E-state index contributed by atoms with van der Waals surface area (Å²) in [6.07, 6.45) is 0. The predicted molar refractivity (Wildman–Crippen MR) is 118 cm³/mol. The SMILES string of the molecule is CN1CCN(S(=O)(=O)c2ccc3cc(-c4cc5ccccc5[nH]c4=O)[nH]c3c2)CC1. The van der Waals surface area contributed by atoms with Gasteiger partial charge in [-0.15, -0.1) is 0 Å². The van der Waals surface area contributed by atoms with E-state index in [2.05, 4.69) is 14.9 Å². The van der Waals surface area contributed by atoms with Crippen LogP contribution in [0, 0.1) is 0 Å². The van der Waals surface area contributed by atoms with Gasteiger partial charge in [-0.25, -0.2) is 8.42 Å². The summed E-state index contributed by atoms with van der Waals surface area (Å²) in [5.74, 6) is 0. The molecule has 0 spiro atoms. The number of aromatic nitrogens is 2.